The van der Waals surface area contributed by atoms with Gasteiger partial charge in [0.15, 0.2) is 0 Å². The van der Waals surface area contributed by atoms with Gasteiger partial charge in [-0.2, -0.15) is 0 Å². The van der Waals surface area contributed by atoms with Gasteiger partial charge in [-0.05, 0) is 45.0 Å². The second kappa shape index (κ2) is 5.08. The Labute approximate surface area is 114 Å². The predicted molar refractivity (Wildman–Crippen MR) is 76.4 cm³/mol. The molecule has 2 unspecified atom stereocenters. The summed E-state index contributed by atoms with van der Waals surface area (Å²) in [6.45, 7) is 5.48. The van der Waals surface area contributed by atoms with Crippen LogP contribution in [-0.4, -0.2) is 30.8 Å². The van der Waals surface area contributed by atoms with Crippen molar-refractivity contribution in [3.8, 4) is 0 Å². The average molecular weight is 269 g/mol. The van der Waals surface area contributed by atoms with E-state index >= 15 is 0 Å². The predicted octanol–water partition coefficient (Wildman–Crippen LogP) is 2.58. The van der Waals surface area contributed by atoms with Crippen LogP contribution in [0.25, 0.3) is 0 Å². The van der Waals surface area contributed by atoms with Crippen LogP contribution in [0.3, 0.4) is 0 Å². The highest BCUT2D eigenvalue weighted by Crippen LogP contribution is 2.33. The molecule has 100 valence electrons. The van der Waals surface area contributed by atoms with E-state index in [0.717, 1.165) is 23.7 Å². The highest BCUT2D eigenvalue weighted by Gasteiger charge is 2.32. The van der Waals surface area contributed by atoms with Crippen LogP contribution in [0.4, 0.5) is 5.69 Å². The minimum absolute atomic E-state index is 0.290. The lowest BCUT2D eigenvalue weighted by atomic mass is 10.1. The zero-order valence-corrected chi connectivity index (χ0v) is 12.0. The zero-order chi connectivity index (χ0) is 13.3. The molecule has 1 saturated heterocycles. The molecule has 3 nitrogen and oxygen atoms in total. The second-order valence-corrected chi connectivity index (χ2v) is 5.80. The van der Waals surface area contributed by atoms with Gasteiger partial charge in [-0.15, -0.1) is 0 Å². The Hall–Kier alpha value is -0.770. The van der Waals surface area contributed by atoms with Gasteiger partial charge in [-0.3, -0.25) is 0 Å². The van der Waals surface area contributed by atoms with Crippen molar-refractivity contribution in [1.29, 1.82) is 0 Å². The Balaban J connectivity index is 2.20. The molecule has 2 N–H and O–H groups in total. The minimum Gasteiger partial charge on any atom is -0.388 e. The normalized spacial score (nSPS) is 25.5. The van der Waals surface area contributed by atoms with Crippen molar-refractivity contribution >= 4 is 17.3 Å². The van der Waals surface area contributed by atoms with Gasteiger partial charge in [0.25, 0.3) is 0 Å². The van der Waals surface area contributed by atoms with Crippen LogP contribution in [0.15, 0.2) is 18.2 Å². The van der Waals surface area contributed by atoms with Gasteiger partial charge >= 0.3 is 0 Å². The molecule has 1 aromatic carbocycles. The molecule has 1 aromatic rings. The van der Waals surface area contributed by atoms with Gasteiger partial charge < -0.3 is 15.3 Å². The van der Waals surface area contributed by atoms with E-state index in [2.05, 4.69) is 23.2 Å². The molecule has 2 rings (SSSR count). The van der Waals surface area contributed by atoms with Crippen molar-refractivity contribution in [2.24, 2.45) is 0 Å². The topological polar surface area (TPSA) is 35.5 Å². The standard InChI is InChI=1S/C14H21ClN2O/c1-10(16-3)11-4-5-13(12(15)8-11)17-7-6-14(2,18)9-17/h4-5,8,10,16,18H,6-7,9H2,1-3H3. The summed E-state index contributed by atoms with van der Waals surface area (Å²) in [5.74, 6) is 0. The summed E-state index contributed by atoms with van der Waals surface area (Å²) in [5, 5.41) is 14.0. The summed E-state index contributed by atoms with van der Waals surface area (Å²) in [6.07, 6.45) is 0.790. The Morgan fingerprint density at radius 2 is 2.22 bits per heavy atom. The summed E-state index contributed by atoms with van der Waals surface area (Å²) in [7, 11) is 1.93. The van der Waals surface area contributed by atoms with Crippen LogP contribution in [0.5, 0.6) is 0 Å². The Bertz CT molecular complexity index is 434. The van der Waals surface area contributed by atoms with Gasteiger partial charge in [0, 0.05) is 19.1 Å². The van der Waals surface area contributed by atoms with E-state index in [-0.39, 0.29) is 0 Å². The van der Waals surface area contributed by atoms with Gasteiger partial charge in [0.2, 0.25) is 0 Å². The molecule has 0 spiro atoms. The molecular weight excluding hydrogens is 248 g/mol. The van der Waals surface area contributed by atoms with E-state index in [1.165, 1.54) is 5.56 Å². The van der Waals surface area contributed by atoms with Crippen LogP contribution in [0.2, 0.25) is 5.02 Å². The smallest absolute Gasteiger partial charge is 0.0810 e. The molecule has 1 heterocycles. The Morgan fingerprint density at radius 3 is 2.72 bits per heavy atom. The molecular formula is C14H21ClN2O. The quantitative estimate of drug-likeness (QED) is 0.885. The minimum atomic E-state index is -0.597. The number of rotatable bonds is 3. The SMILES string of the molecule is CNC(C)c1ccc(N2CCC(C)(O)C2)c(Cl)c1. The van der Waals surface area contributed by atoms with E-state index < -0.39 is 5.60 Å². The van der Waals surface area contributed by atoms with Crippen LogP contribution < -0.4 is 10.2 Å². The van der Waals surface area contributed by atoms with Crippen molar-refractivity contribution in [2.75, 3.05) is 25.0 Å². The average Bonchev–Trinajstić information content (AvgIpc) is 2.68. The maximum absolute atomic E-state index is 10.0. The number of nitrogens with one attached hydrogen (secondary N) is 1. The lowest BCUT2D eigenvalue weighted by molar-refractivity contribution is 0.0839. The summed E-state index contributed by atoms with van der Waals surface area (Å²) in [5.41, 5.74) is 1.60. The summed E-state index contributed by atoms with van der Waals surface area (Å²) in [6, 6.07) is 6.44. The maximum atomic E-state index is 10.0. The third-order valence-electron chi connectivity index (χ3n) is 3.70. The van der Waals surface area contributed by atoms with E-state index in [1.54, 1.807) is 0 Å². The van der Waals surface area contributed by atoms with E-state index in [0.29, 0.717) is 12.6 Å². The largest absolute Gasteiger partial charge is 0.388 e. The van der Waals surface area contributed by atoms with Gasteiger partial charge in [0.1, 0.15) is 0 Å². The number of hydrogen-bond acceptors (Lipinski definition) is 3. The molecule has 18 heavy (non-hydrogen) atoms. The van der Waals surface area contributed by atoms with Gasteiger partial charge in [0.05, 0.1) is 16.3 Å². The molecule has 0 bridgehead atoms. The third kappa shape index (κ3) is 2.79. The molecule has 0 saturated carbocycles. The molecule has 0 amide bonds. The number of halogens is 1. The Kier molecular flexibility index (Phi) is 3.85. The van der Waals surface area contributed by atoms with Gasteiger partial charge in [-0.25, -0.2) is 0 Å². The highest BCUT2D eigenvalue weighted by atomic mass is 35.5. The molecule has 1 fully saturated rings. The first kappa shape index (κ1) is 13.7. The summed E-state index contributed by atoms with van der Waals surface area (Å²) < 4.78 is 0. The van der Waals surface area contributed by atoms with Crippen LogP contribution in [-0.2, 0) is 0 Å². The van der Waals surface area contributed by atoms with E-state index in [9.17, 15) is 5.11 Å². The summed E-state index contributed by atoms with van der Waals surface area (Å²) >= 11 is 6.35. The number of hydrogen-bond donors (Lipinski definition) is 2. The maximum Gasteiger partial charge on any atom is 0.0810 e. The third-order valence-corrected chi connectivity index (χ3v) is 4.00. The van der Waals surface area contributed by atoms with Crippen molar-refractivity contribution in [3.63, 3.8) is 0 Å². The molecule has 1 aliphatic heterocycles. The monoisotopic (exact) mass is 268 g/mol. The first-order valence-electron chi connectivity index (χ1n) is 6.37. The lowest BCUT2D eigenvalue weighted by Crippen LogP contribution is -2.29. The fourth-order valence-electron chi connectivity index (χ4n) is 2.37. The van der Waals surface area contributed by atoms with Crippen LogP contribution in [0, 0.1) is 0 Å². The number of benzene rings is 1. The number of nitrogens with zero attached hydrogens (tertiary/aromatic N) is 1. The van der Waals surface area contributed by atoms with Crippen LogP contribution in [0.1, 0.15) is 31.9 Å². The highest BCUT2D eigenvalue weighted by molar-refractivity contribution is 6.33. The molecule has 1 aliphatic rings. The van der Waals surface area contributed by atoms with Crippen molar-refractivity contribution in [2.45, 2.75) is 31.9 Å². The Morgan fingerprint density at radius 1 is 1.50 bits per heavy atom. The van der Waals surface area contributed by atoms with Crippen molar-refractivity contribution < 1.29 is 5.11 Å². The lowest BCUT2D eigenvalue weighted by Gasteiger charge is -2.23. The molecule has 0 radical (unpaired) electrons. The first-order chi connectivity index (χ1) is 8.43. The second-order valence-electron chi connectivity index (χ2n) is 5.39. The molecule has 4 heteroatoms. The first-order valence-corrected chi connectivity index (χ1v) is 6.75. The number of β-amino-alcohol motifs (C(OH)–C–C–N with tert-alkyl or cyclic N) is 1. The van der Waals surface area contributed by atoms with Crippen molar-refractivity contribution in [3.05, 3.63) is 28.8 Å². The van der Waals surface area contributed by atoms with E-state index in [1.807, 2.05) is 26.1 Å². The molecule has 0 aliphatic carbocycles. The summed E-state index contributed by atoms with van der Waals surface area (Å²) in [4.78, 5) is 2.15. The van der Waals surface area contributed by atoms with Gasteiger partial charge in [-0.1, -0.05) is 17.7 Å². The number of aliphatic hydroxyl groups is 1. The fourth-order valence-corrected chi connectivity index (χ4v) is 2.67. The zero-order valence-electron chi connectivity index (χ0n) is 11.2. The fraction of sp³-hybridized carbons (Fsp3) is 0.571. The van der Waals surface area contributed by atoms with Crippen LogP contribution >= 0.6 is 11.6 Å². The van der Waals surface area contributed by atoms with E-state index in [4.69, 9.17) is 11.6 Å². The molecule has 2 atom stereocenters. The van der Waals surface area contributed by atoms with Crippen molar-refractivity contribution in [1.82, 2.24) is 5.32 Å². The molecule has 0 aromatic heterocycles. The number of anilines is 1.